The zero-order valence-corrected chi connectivity index (χ0v) is 10.5. The van der Waals surface area contributed by atoms with Crippen LogP contribution in [0, 0.1) is 27.7 Å². The van der Waals surface area contributed by atoms with Crippen LogP contribution in [0.4, 0.5) is 5.82 Å². The summed E-state index contributed by atoms with van der Waals surface area (Å²) >= 11 is 0. The van der Waals surface area contributed by atoms with E-state index in [0.29, 0.717) is 12.4 Å². The number of aryl methyl sites for hydroxylation is 4. The van der Waals surface area contributed by atoms with Crippen LogP contribution < -0.4 is 5.32 Å². The zero-order chi connectivity index (χ0) is 12.4. The van der Waals surface area contributed by atoms with Crippen molar-refractivity contribution in [3.63, 3.8) is 0 Å². The SMILES string of the molecule is Cc1cc(NCc2nc(C)c(C)o2)nc(C)n1. The van der Waals surface area contributed by atoms with Crippen LogP contribution in [0.25, 0.3) is 0 Å². The third-order valence-electron chi connectivity index (χ3n) is 2.46. The lowest BCUT2D eigenvalue weighted by Gasteiger charge is -2.04. The predicted molar refractivity (Wildman–Crippen MR) is 64.8 cm³/mol. The number of nitrogens with zero attached hydrogens (tertiary/aromatic N) is 3. The molecule has 0 atom stereocenters. The van der Waals surface area contributed by atoms with Gasteiger partial charge in [-0.15, -0.1) is 0 Å². The molecule has 0 fully saturated rings. The Hall–Kier alpha value is -1.91. The van der Waals surface area contributed by atoms with E-state index in [-0.39, 0.29) is 0 Å². The van der Waals surface area contributed by atoms with Crippen LogP contribution in [0.15, 0.2) is 10.5 Å². The number of hydrogen-bond donors (Lipinski definition) is 1. The van der Waals surface area contributed by atoms with E-state index in [1.54, 1.807) is 0 Å². The number of hydrogen-bond acceptors (Lipinski definition) is 5. The summed E-state index contributed by atoms with van der Waals surface area (Å²) in [6, 6.07) is 1.90. The molecule has 0 aromatic carbocycles. The first-order valence-electron chi connectivity index (χ1n) is 5.53. The van der Waals surface area contributed by atoms with E-state index in [0.717, 1.165) is 28.8 Å². The average Bonchev–Trinajstić information content (AvgIpc) is 2.54. The lowest BCUT2D eigenvalue weighted by atomic mass is 10.4. The molecule has 0 radical (unpaired) electrons. The van der Waals surface area contributed by atoms with Gasteiger partial charge in [0.2, 0.25) is 5.89 Å². The molecule has 2 aromatic rings. The zero-order valence-electron chi connectivity index (χ0n) is 10.5. The minimum Gasteiger partial charge on any atom is -0.444 e. The molecule has 90 valence electrons. The highest BCUT2D eigenvalue weighted by Crippen LogP contribution is 2.11. The number of oxazole rings is 1. The summed E-state index contributed by atoms with van der Waals surface area (Å²) in [5.74, 6) is 3.08. The summed E-state index contributed by atoms with van der Waals surface area (Å²) in [5, 5.41) is 3.18. The van der Waals surface area contributed by atoms with Crippen LogP contribution in [-0.2, 0) is 6.54 Å². The van der Waals surface area contributed by atoms with Gasteiger partial charge in [0.1, 0.15) is 17.4 Å². The van der Waals surface area contributed by atoms with Gasteiger partial charge in [0.25, 0.3) is 0 Å². The van der Waals surface area contributed by atoms with Gasteiger partial charge in [-0.3, -0.25) is 0 Å². The Kier molecular flexibility index (Phi) is 3.08. The fraction of sp³-hybridized carbons (Fsp3) is 0.417. The molecule has 0 aliphatic heterocycles. The van der Waals surface area contributed by atoms with E-state index in [1.165, 1.54) is 0 Å². The first-order chi connectivity index (χ1) is 8.04. The molecule has 0 spiro atoms. The van der Waals surface area contributed by atoms with Gasteiger partial charge in [0.05, 0.1) is 12.2 Å². The molecule has 0 bridgehead atoms. The van der Waals surface area contributed by atoms with Crippen LogP contribution in [0.3, 0.4) is 0 Å². The minimum atomic E-state index is 0.532. The van der Waals surface area contributed by atoms with Crippen LogP contribution >= 0.6 is 0 Å². The number of nitrogens with one attached hydrogen (secondary N) is 1. The molecule has 5 nitrogen and oxygen atoms in total. The molecule has 0 saturated carbocycles. The molecular formula is C12H16N4O. The van der Waals surface area contributed by atoms with E-state index in [9.17, 15) is 0 Å². The maximum absolute atomic E-state index is 5.48. The third kappa shape index (κ3) is 2.81. The summed E-state index contributed by atoms with van der Waals surface area (Å²) < 4.78 is 5.48. The second kappa shape index (κ2) is 4.53. The molecule has 1 N–H and O–H groups in total. The maximum Gasteiger partial charge on any atom is 0.213 e. The van der Waals surface area contributed by atoms with Gasteiger partial charge in [-0.1, -0.05) is 0 Å². The Balaban J connectivity index is 2.07. The smallest absolute Gasteiger partial charge is 0.213 e. The number of aromatic nitrogens is 3. The Bertz CT molecular complexity index is 494. The summed E-state index contributed by atoms with van der Waals surface area (Å²) in [6.45, 7) is 8.19. The van der Waals surface area contributed by atoms with Gasteiger partial charge in [0, 0.05) is 11.8 Å². The summed E-state index contributed by atoms with van der Waals surface area (Å²) in [5.41, 5.74) is 1.87. The molecular weight excluding hydrogens is 216 g/mol. The van der Waals surface area contributed by atoms with Crippen molar-refractivity contribution < 1.29 is 4.42 Å². The van der Waals surface area contributed by atoms with E-state index >= 15 is 0 Å². The molecule has 2 aromatic heterocycles. The van der Waals surface area contributed by atoms with Gasteiger partial charge in [0.15, 0.2) is 0 Å². The molecule has 0 unspecified atom stereocenters. The average molecular weight is 232 g/mol. The molecule has 17 heavy (non-hydrogen) atoms. The van der Waals surface area contributed by atoms with Crippen LogP contribution in [0.1, 0.15) is 28.9 Å². The summed E-state index contributed by atoms with van der Waals surface area (Å²) in [7, 11) is 0. The predicted octanol–water partition coefficient (Wildman–Crippen LogP) is 2.31. The monoisotopic (exact) mass is 232 g/mol. The van der Waals surface area contributed by atoms with Crippen molar-refractivity contribution in [3.05, 3.63) is 34.9 Å². The molecule has 0 saturated heterocycles. The van der Waals surface area contributed by atoms with Crippen molar-refractivity contribution in [2.24, 2.45) is 0 Å². The number of anilines is 1. The second-order valence-corrected chi connectivity index (χ2v) is 4.04. The molecule has 2 heterocycles. The van der Waals surface area contributed by atoms with Crippen molar-refractivity contribution in [1.82, 2.24) is 15.0 Å². The highest BCUT2D eigenvalue weighted by molar-refractivity contribution is 5.35. The van der Waals surface area contributed by atoms with Crippen LogP contribution in [0.5, 0.6) is 0 Å². The Morgan fingerprint density at radius 2 is 1.88 bits per heavy atom. The Labute approximate surface area is 100 Å². The first kappa shape index (κ1) is 11.6. The third-order valence-corrected chi connectivity index (χ3v) is 2.46. The van der Waals surface area contributed by atoms with E-state index in [2.05, 4.69) is 20.3 Å². The lowest BCUT2D eigenvalue weighted by Crippen LogP contribution is -2.04. The van der Waals surface area contributed by atoms with Crippen molar-refractivity contribution in [2.75, 3.05) is 5.32 Å². The highest BCUT2D eigenvalue weighted by Gasteiger charge is 2.05. The van der Waals surface area contributed by atoms with Crippen molar-refractivity contribution >= 4 is 5.82 Å². The Morgan fingerprint density at radius 3 is 2.47 bits per heavy atom. The highest BCUT2D eigenvalue weighted by atomic mass is 16.4. The fourth-order valence-electron chi connectivity index (χ4n) is 1.59. The standard InChI is InChI=1S/C12H16N4O/c1-7-5-11(16-10(4)14-7)13-6-12-15-8(2)9(3)17-12/h5H,6H2,1-4H3,(H,13,14,16). The van der Waals surface area contributed by atoms with Crippen molar-refractivity contribution in [1.29, 1.82) is 0 Å². The van der Waals surface area contributed by atoms with Gasteiger partial charge in [-0.2, -0.15) is 0 Å². The number of rotatable bonds is 3. The van der Waals surface area contributed by atoms with Gasteiger partial charge >= 0.3 is 0 Å². The fourth-order valence-corrected chi connectivity index (χ4v) is 1.59. The van der Waals surface area contributed by atoms with E-state index in [1.807, 2.05) is 33.8 Å². The second-order valence-electron chi connectivity index (χ2n) is 4.04. The van der Waals surface area contributed by atoms with Crippen molar-refractivity contribution in [2.45, 2.75) is 34.2 Å². The first-order valence-corrected chi connectivity index (χ1v) is 5.53. The molecule has 0 amide bonds. The summed E-state index contributed by atoms with van der Waals surface area (Å²) in [4.78, 5) is 12.8. The lowest BCUT2D eigenvalue weighted by molar-refractivity contribution is 0.478. The molecule has 0 aliphatic rings. The molecule has 5 heteroatoms. The molecule has 2 rings (SSSR count). The maximum atomic E-state index is 5.48. The quantitative estimate of drug-likeness (QED) is 0.879. The minimum absolute atomic E-state index is 0.532. The van der Waals surface area contributed by atoms with Crippen LogP contribution in [0.2, 0.25) is 0 Å². The van der Waals surface area contributed by atoms with E-state index in [4.69, 9.17) is 4.42 Å². The van der Waals surface area contributed by atoms with Gasteiger partial charge < -0.3 is 9.73 Å². The normalized spacial score (nSPS) is 10.6. The largest absolute Gasteiger partial charge is 0.444 e. The van der Waals surface area contributed by atoms with Crippen molar-refractivity contribution in [3.8, 4) is 0 Å². The summed E-state index contributed by atoms with van der Waals surface area (Å²) in [6.07, 6.45) is 0. The van der Waals surface area contributed by atoms with Gasteiger partial charge in [-0.25, -0.2) is 15.0 Å². The molecule has 0 aliphatic carbocycles. The van der Waals surface area contributed by atoms with Gasteiger partial charge in [-0.05, 0) is 27.7 Å². The van der Waals surface area contributed by atoms with E-state index < -0.39 is 0 Å². The van der Waals surface area contributed by atoms with Crippen LogP contribution in [-0.4, -0.2) is 15.0 Å². The topological polar surface area (TPSA) is 63.8 Å². The Morgan fingerprint density at radius 1 is 1.12 bits per heavy atom.